The van der Waals surface area contributed by atoms with Crippen LogP contribution in [0.4, 0.5) is 10.9 Å². The maximum atomic E-state index is 11.9. The summed E-state index contributed by atoms with van der Waals surface area (Å²) in [7, 11) is 1.65. The van der Waals surface area contributed by atoms with E-state index in [1.807, 2.05) is 36.5 Å². The van der Waals surface area contributed by atoms with Gasteiger partial charge in [0.05, 0.1) is 10.9 Å². The Morgan fingerprint density at radius 2 is 2.06 bits per heavy atom. The maximum Gasteiger partial charge on any atom is 0.246 e. The summed E-state index contributed by atoms with van der Waals surface area (Å²) < 4.78 is 5.74. The van der Waals surface area contributed by atoms with Crippen molar-refractivity contribution >= 4 is 28.2 Å². The van der Waals surface area contributed by atoms with Gasteiger partial charge in [0.25, 0.3) is 0 Å². The highest BCUT2D eigenvalue weighted by Gasteiger charge is 2.20. The number of aromatic nitrogens is 3. The van der Waals surface area contributed by atoms with Crippen LogP contribution >= 0.6 is 11.3 Å². The van der Waals surface area contributed by atoms with E-state index in [0.29, 0.717) is 24.1 Å². The number of nitrogens with one attached hydrogen (secondary N) is 2. The molecular formula is C24H30N6O3S. The Hall–Kier alpha value is -3.34. The Bertz CT molecular complexity index is 1110. The molecular weight excluding hydrogens is 452 g/mol. The van der Waals surface area contributed by atoms with Crippen molar-refractivity contribution in [1.82, 2.24) is 25.2 Å². The number of amides is 1. The zero-order chi connectivity index (χ0) is 24.5. The average molecular weight is 483 g/mol. The van der Waals surface area contributed by atoms with Gasteiger partial charge in [0.1, 0.15) is 24.5 Å². The number of anilines is 2. The first-order valence-electron chi connectivity index (χ1n) is 10.9. The third-order valence-corrected chi connectivity index (χ3v) is 6.01. The van der Waals surface area contributed by atoms with Crippen molar-refractivity contribution in [2.24, 2.45) is 0 Å². The van der Waals surface area contributed by atoms with Crippen molar-refractivity contribution in [3.8, 4) is 16.3 Å². The smallest absolute Gasteiger partial charge is 0.246 e. The maximum absolute atomic E-state index is 11.9. The van der Waals surface area contributed by atoms with E-state index in [-0.39, 0.29) is 12.5 Å². The van der Waals surface area contributed by atoms with Crippen LogP contribution in [0, 0.1) is 6.92 Å². The van der Waals surface area contributed by atoms with Crippen LogP contribution in [0.25, 0.3) is 10.4 Å². The van der Waals surface area contributed by atoms with E-state index in [9.17, 15) is 9.90 Å². The van der Waals surface area contributed by atoms with E-state index in [2.05, 4.69) is 25.6 Å². The lowest BCUT2D eigenvalue weighted by Crippen LogP contribution is -2.49. The number of carbonyl (C=O) groups is 1. The van der Waals surface area contributed by atoms with Crippen molar-refractivity contribution in [1.29, 1.82) is 0 Å². The van der Waals surface area contributed by atoms with Crippen LogP contribution in [-0.4, -0.2) is 63.3 Å². The number of aliphatic hydroxyl groups excluding tert-OH is 1. The van der Waals surface area contributed by atoms with Crippen LogP contribution < -0.4 is 15.4 Å². The van der Waals surface area contributed by atoms with Crippen LogP contribution in [0.2, 0.25) is 0 Å². The minimum Gasteiger partial charge on any atom is -0.476 e. The van der Waals surface area contributed by atoms with Gasteiger partial charge >= 0.3 is 0 Å². The zero-order valence-electron chi connectivity index (χ0n) is 19.7. The molecule has 0 saturated carbocycles. The second-order valence-corrected chi connectivity index (χ2v) is 8.63. The van der Waals surface area contributed by atoms with Crippen LogP contribution in [-0.2, 0) is 4.79 Å². The van der Waals surface area contributed by atoms with Crippen LogP contribution in [0.5, 0.6) is 5.88 Å². The fraction of sp³-hybridized carbons (Fsp3) is 0.333. The molecule has 2 aromatic heterocycles. The molecule has 34 heavy (non-hydrogen) atoms. The second-order valence-electron chi connectivity index (χ2n) is 7.60. The first-order chi connectivity index (χ1) is 16.4. The lowest BCUT2D eigenvalue weighted by atomic mass is 10.2. The number of hydrogen-bond donors (Lipinski definition) is 3. The highest BCUT2D eigenvalue weighted by atomic mass is 32.1. The fourth-order valence-electron chi connectivity index (χ4n) is 3.06. The van der Waals surface area contributed by atoms with E-state index in [4.69, 9.17) is 4.74 Å². The van der Waals surface area contributed by atoms with E-state index in [0.717, 1.165) is 15.6 Å². The van der Waals surface area contributed by atoms with Gasteiger partial charge in [-0.2, -0.15) is 4.98 Å². The van der Waals surface area contributed by atoms with Gasteiger partial charge in [-0.05, 0) is 32.4 Å². The van der Waals surface area contributed by atoms with Gasteiger partial charge in [-0.3, -0.25) is 10.1 Å². The van der Waals surface area contributed by atoms with Gasteiger partial charge < -0.3 is 20.1 Å². The summed E-state index contributed by atoms with van der Waals surface area (Å²) >= 11 is 1.53. The minimum absolute atomic E-state index is 0.167. The minimum atomic E-state index is -0.893. The summed E-state index contributed by atoms with van der Waals surface area (Å²) in [6.07, 6.45) is 4.07. The highest BCUT2D eigenvalue weighted by molar-refractivity contribution is 7.18. The zero-order valence-corrected chi connectivity index (χ0v) is 20.5. The summed E-state index contributed by atoms with van der Waals surface area (Å²) in [5.74, 6) is 1.40. The van der Waals surface area contributed by atoms with E-state index < -0.39 is 12.3 Å². The number of benzene rings is 1. The monoisotopic (exact) mass is 482 g/mol. The van der Waals surface area contributed by atoms with Gasteiger partial charge in [-0.15, -0.1) is 0 Å². The van der Waals surface area contributed by atoms with Crippen LogP contribution in [0.1, 0.15) is 19.7 Å². The van der Waals surface area contributed by atoms with Gasteiger partial charge in [0.2, 0.25) is 11.8 Å². The van der Waals surface area contributed by atoms with E-state index >= 15 is 0 Å². The predicted octanol–water partition coefficient (Wildman–Crippen LogP) is 3.36. The Balaban J connectivity index is 1.52. The molecule has 0 saturated heterocycles. The molecule has 1 amide bonds. The van der Waals surface area contributed by atoms with E-state index in [1.165, 1.54) is 22.3 Å². The Morgan fingerprint density at radius 1 is 1.29 bits per heavy atom. The number of aryl methyl sites for hydroxylation is 1. The summed E-state index contributed by atoms with van der Waals surface area (Å²) in [5.41, 5.74) is 1.11. The van der Waals surface area contributed by atoms with Gasteiger partial charge in [-0.25, -0.2) is 9.97 Å². The third-order valence-electron chi connectivity index (χ3n) is 5.04. The molecule has 2 heterocycles. The van der Waals surface area contributed by atoms with Crippen LogP contribution in [0.3, 0.4) is 0 Å². The normalized spacial score (nSPS) is 13.0. The molecule has 1 aromatic carbocycles. The summed E-state index contributed by atoms with van der Waals surface area (Å²) in [4.78, 5) is 27.6. The predicted molar refractivity (Wildman–Crippen MR) is 134 cm³/mol. The molecule has 0 aliphatic heterocycles. The topological polar surface area (TPSA) is 113 Å². The summed E-state index contributed by atoms with van der Waals surface area (Å²) in [6.45, 7) is 5.98. The van der Waals surface area contributed by atoms with Gasteiger partial charge in [0.15, 0.2) is 5.13 Å². The average Bonchev–Trinajstić information content (AvgIpc) is 3.29. The van der Waals surface area contributed by atoms with Crippen molar-refractivity contribution in [2.45, 2.75) is 33.0 Å². The molecule has 180 valence electrons. The van der Waals surface area contributed by atoms with Gasteiger partial charge in [-0.1, -0.05) is 47.7 Å². The number of aliphatic hydroxyl groups is 1. The number of ether oxygens (including phenoxy) is 1. The molecule has 0 aliphatic carbocycles. The summed E-state index contributed by atoms with van der Waals surface area (Å²) in [6, 6.07) is 11.4. The molecule has 3 aromatic rings. The number of thiazole rings is 1. The number of likely N-dealkylation sites (N-methyl/N-ethyl adjacent to an activating group) is 1. The van der Waals surface area contributed by atoms with Crippen molar-refractivity contribution in [2.75, 3.05) is 25.5 Å². The number of allylic oxidation sites excluding steroid dienone is 1. The van der Waals surface area contributed by atoms with Crippen molar-refractivity contribution < 1.29 is 14.6 Å². The molecule has 0 fully saturated rings. The second kappa shape index (κ2) is 12.2. The fourth-order valence-corrected chi connectivity index (χ4v) is 3.89. The molecule has 3 rings (SSSR count). The quantitative estimate of drug-likeness (QED) is 0.217. The number of nitrogens with zero attached hydrogens (tertiary/aromatic N) is 4. The lowest BCUT2D eigenvalue weighted by molar-refractivity contribution is -0.129. The van der Waals surface area contributed by atoms with Crippen molar-refractivity contribution in [3.05, 3.63) is 60.6 Å². The number of hydrogen-bond acceptors (Lipinski definition) is 9. The summed E-state index contributed by atoms with van der Waals surface area (Å²) in [5, 5.41) is 17.2. The molecule has 1 unspecified atom stereocenters. The van der Waals surface area contributed by atoms with Gasteiger partial charge in [0, 0.05) is 25.9 Å². The molecule has 2 atom stereocenters. The SMILES string of the molecule is CC=CC(=O)N(C)[C@@H](C)C(O)NCCOc1cc(Nc2ncc(-c3ccccc3)s2)nc(C)n1. The molecule has 0 radical (unpaired) electrons. The standard InChI is InChI=1S/C24H30N6O3S/c1-5-9-22(31)30(4)16(2)23(32)25-12-13-33-21-14-20(27-17(3)28-21)29-24-26-15-19(34-24)18-10-7-6-8-11-18/h5-11,14-16,23,25,32H,12-13H2,1-4H3,(H,26,27,28,29)/t16-,23?/m0/s1. The van der Waals surface area contributed by atoms with Crippen LogP contribution in [0.15, 0.2) is 54.7 Å². The number of carbonyl (C=O) groups excluding carboxylic acids is 1. The van der Waals surface area contributed by atoms with Crippen molar-refractivity contribution in [3.63, 3.8) is 0 Å². The first kappa shape index (κ1) is 25.3. The first-order valence-corrected chi connectivity index (χ1v) is 11.8. The number of rotatable bonds is 11. The molecule has 3 N–H and O–H groups in total. The molecule has 0 aliphatic rings. The Morgan fingerprint density at radius 3 is 2.79 bits per heavy atom. The molecule has 9 nitrogen and oxygen atoms in total. The molecule has 0 bridgehead atoms. The Labute approximate surface area is 203 Å². The lowest BCUT2D eigenvalue weighted by Gasteiger charge is -2.28. The molecule has 0 spiro atoms. The largest absolute Gasteiger partial charge is 0.476 e. The Kier molecular flexibility index (Phi) is 9.08. The van der Waals surface area contributed by atoms with E-state index in [1.54, 1.807) is 40.0 Å². The molecule has 10 heteroatoms. The highest BCUT2D eigenvalue weighted by Crippen LogP contribution is 2.30. The third kappa shape index (κ3) is 7.08.